The highest BCUT2D eigenvalue weighted by molar-refractivity contribution is 7.85. The third-order valence-corrected chi connectivity index (χ3v) is 4.98. The Labute approximate surface area is 156 Å². The average Bonchev–Trinajstić information content (AvgIpc) is 2.55. The first-order chi connectivity index (χ1) is 12.1. The standard InChI is InChI=1S/C20H24FNO3S/c1-13(2)26(24)16-9-6-14(7-10-16)19(23)22-17-11-8-15(21)12-18(17)25-20(3,4)5/h6-13H,1-5H3,(H,22,23). The fourth-order valence-corrected chi connectivity index (χ4v) is 3.17. The number of benzene rings is 2. The lowest BCUT2D eigenvalue weighted by Gasteiger charge is -2.23. The Hall–Kier alpha value is -2.21. The number of carbonyl (C=O) groups excluding carboxylic acids is 1. The van der Waals surface area contributed by atoms with Crippen molar-refractivity contribution < 1.29 is 18.1 Å². The topological polar surface area (TPSA) is 55.4 Å². The van der Waals surface area contributed by atoms with Gasteiger partial charge < -0.3 is 10.1 Å². The molecule has 1 unspecified atom stereocenters. The van der Waals surface area contributed by atoms with Gasteiger partial charge in [0.05, 0.1) is 16.5 Å². The molecule has 2 aromatic carbocycles. The molecular weight excluding hydrogens is 353 g/mol. The van der Waals surface area contributed by atoms with E-state index in [1.165, 1.54) is 18.2 Å². The van der Waals surface area contributed by atoms with Gasteiger partial charge in [-0.1, -0.05) is 13.8 Å². The molecule has 2 aromatic rings. The minimum Gasteiger partial charge on any atom is -0.486 e. The SMILES string of the molecule is CC(C)S(=O)c1ccc(C(=O)Nc2ccc(F)cc2OC(C)(C)C)cc1. The van der Waals surface area contributed by atoms with Gasteiger partial charge in [-0.3, -0.25) is 9.00 Å². The van der Waals surface area contributed by atoms with E-state index < -0.39 is 22.2 Å². The van der Waals surface area contributed by atoms with Gasteiger partial charge >= 0.3 is 0 Å². The number of nitrogens with one attached hydrogen (secondary N) is 1. The molecule has 0 bridgehead atoms. The highest BCUT2D eigenvalue weighted by Crippen LogP contribution is 2.29. The molecule has 1 N–H and O–H groups in total. The van der Waals surface area contributed by atoms with E-state index in [1.54, 1.807) is 24.3 Å². The van der Waals surface area contributed by atoms with Gasteiger partial charge in [0.2, 0.25) is 0 Å². The number of hydrogen-bond donors (Lipinski definition) is 1. The normalized spacial score (nSPS) is 12.7. The van der Waals surface area contributed by atoms with Crippen molar-refractivity contribution in [3.05, 3.63) is 53.8 Å². The van der Waals surface area contributed by atoms with Crippen molar-refractivity contribution in [3.63, 3.8) is 0 Å². The summed E-state index contributed by atoms with van der Waals surface area (Å²) in [6.07, 6.45) is 0. The Morgan fingerprint density at radius 3 is 2.27 bits per heavy atom. The van der Waals surface area contributed by atoms with E-state index in [0.717, 1.165) is 0 Å². The van der Waals surface area contributed by atoms with E-state index in [4.69, 9.17) is 4.74 Å². The molecular formula is C20H24FNO3S. The van der Waals surface area contributed by atoms with Crippen LogP contribution in [0.2, 0.25) is 0 Å². The molecule has 0 saturated carbocycles. The summed E-state index contributed by atoms with van der Waals surface area (Å²) in [5.41, 5.74) is 0.275. The van der Waals surface area contributed by atoms with Crippen LogP contribution in [-0.4, -0.2) is 21.0 Å². The maximum atomic E-state index is 13.5. The van der Waals surface area contributed by atoms with Gasteiger partial charge in [-0.15, -0.1) is 0 Å². The molecule has 6 heteroatoms. The van der Waals surface area contributed by atoms with Gasteiger partial charge in [-0.25, -0.2) is 4.39 Å². The summed E-state index contributed by atoms with van der Waals surface area (Å²) in [5.74, 6) is -0.525. The molecule has 4 nitrogen and oxygen atoms in total. The van der Waals surface area contributed by atoms with Gasteiger partial charge in [0, 0.05) is 21.8 Å². The minimum absolute atomic E-state index is 0.00555. The van der Waals surface area contributed by atoms with Crippen molar-refractivity contribution in [2.75, 3.05) is 5.32 Å². The summed E-state index contributed by atoms with van der Waals surface area (Å²) in [5, 5.41) is 2.75. The summed E-state index contributed by atoms with van der Waals surface area (Å²) in [4.78, 5) is 13.2. The lowest BCUT2D eigenvalue weighted by molar-refractivity contribution is 0.102. The monoisotopic (exact) mass is 377 g/mol. The predicted molar refractivity (Wildman–Crippen MR) is 103 cm³/mol. The maximum absolute atomic E-state index is 13.5. The number of halogens is 1. The molecule has 1 amide bonds. The van der Waals surface area contributed by atoms with Crippen LogP contribution >= 0.6 is 0 Å². The molecule has 0 saturated heterocycles. The number of hydrogen-bond acceptors (Lipinski definition) is 3. The van der Waals surface area contributed by atoms with E-state index in [-0.39, 0.29) is 16.9 Å². The zero-order chi connectivity index (χ0) is 19.5. The van der Waals surface area contributed by atoms with E-state index in [9.17, 15) is 13.4 Å². The van der Waals surface area contributed by atoms with Crippen molar-refractivity contribution in [3.8, 4) is 5.75 Å². The Balaban J connectivity index is 2.21. The Morgan fingerprint density at radius 1 is 1.12 bits per heavy atom. The van der Waals surface area contributed by atoms with Crippen LogP contribution in [0, 0.1) is 5.82 Å². The molecule has 2 rings (SSSR count). The van der Waals surface area contributed by atoms with Gasteiger partial charge in [0.1, 0.15) is 17.2 Å². The van der Waals surface area contributed by atoms with Crippen molar-refractivity contribution in [2.45, 2.75) is 50.4 Å². The molecule has 0 aliphatic heterocycles. The van der Waals surface area contributed by atoms with Crippen LogP contribution in [0.15, 0.2) is 47.4 Å². The highest BCUT2D eigenvalue weighted by Gasteiger charge is 2.17. The average molecular weight is 377 g/mol. The maximum Gasteiger partial charge on any atom is 0.255 e. The highest BCUT2D eigenvalue weighted by atomic mass is 32.2. The summed E-state index contributed by atoms with van der Waals surface area (Å²) < 4.78 is 31.4. The number of amides is 1. The number of anilines is 1. The number of carbonyl (C=O) groups is 1. The minimum atomic E-state index is -1.11. The molecule has 1 atom stereocenters. The van der Waals surface area contributed by atoms with E-state index in [0.29, 0.717) is 16.1 Å². The lowest BCUT2D eigenvalue weighted by Crippen LogP contribution is -2.24. The first-order valence-electron chi connectivity index (χ1n) is 8.37. The second kappa shape index (κ2) is 7.99. The van der Waals surface area contributed by atoms with Crippen molar-refractivity contribution in [2.24, 2.45) is 0 Å². The molecule has 26 heavy (non-hydrogen) atoms. The number of rotatable bonds is 5. The molecule has 0 spiro atoms. The van der Waals surface area contributed by atoms with Crippen molar-refractivity contribution in [1.82, 2.24) is 0 Å². The molecule has 0 aliphatic carbocycles. The van der Waals surface area contributed by atoms with Crippen LogP contribution in [0.5, 0.6) is 5.75 Å². The van der Waals surface area contributed by atoms with Crippen LogP contribution in [0.4, 0.5) is 10.1 Å². The predicted octanol–water partition coefficient (Wildman–Crippen LogP) is 4.77. The van der Waals surface area contributed by atoms with Crippen LogP contribution in [-0.2, 0) is 10.8 Å². The first kappa shape index (κ1) is 20.1. The summed E-state index contributed by atoms with van der Waals surface area (Å²) in [6.45, 7) is 9.29. The smallest absolute Gasteiger partial charge is 0.255 e. The second-order valence-corrected chi connectivity index (χ2v) is 9.19. The fourth-order valence-electron chi connectivity index (χ4n) is 2.22. The van der Waals surface area contributed by atoms with Gasteiger partial charge in [-0.2, -0.15) is 0 Å². The summed E-state index contributed by atoms with van der Waals surface area (Å²) in [6, 6.07) is 10.6. The van der Waals surface area contributed by atoms with E-state index in [2.05, 4.69) is 5.32 Å². The van der Waals surface area contributed by atoms with Crippen LogP contribution < -0.4 is 10.1 Å². The zero-order valence-electron chi connectivity index (χ0n) is 15.6. The molecule has 0 fully saturated rings. The summed E-state index contributed by atoms with van der Waals surface area (Å²) in [7, 11) is -1.11. The first-order valence-corrected chi connectivity index (χ1v) is 9.58. The molecule has 0 aliphatic rings. The Morgan fingerprint density at radius 2 is 1.73 bits per heavy atom. The van der Waals surface area contributed by atoms with E-state index in [1.807, 2.05) is 34.6 Å². The van der Waals surface area contributed by atoms with Crippen LogP contribution in [0.1, 0.15) is 45.0 Å². The van der Waals surface area contributed by atoms with Gasteiger partial charge in [0.25, 0.3) is 5.91 Å². The second-order valence-electron chi connectivity index (χ2n) is 7.18. The Bertz CT molecular complexity index is 811. The largest absolute Gasteiger partial charge is 0.486 e. The van der Waals surface area contributed by atoms with Crippen LogP contribution in [0.3, 0.4) is 0 Å². The quantitative estimate of drug-likeness (QED) is 0.816. The third-order valence-electron chi connectivity index (χ3n) is 3.38. The molecule has 0 heterocycles. The zero-order valence-corrected chi connectivity index (χ0v) is 16.4. The van der Waals surface area contributed by atoms with E-state index >= 15 is 0 Å². The summed E-state index contributed by atoms with van der Waals surface area (Å²) >= 11 is 0. The molecule has 0 radical (unpaired) electrons. The fraction of sp³-hybridized carbons (Fsp3) is 0.350. The molecule has 140 valence electrons. The van der Waals surface area contributed by atoms with Gasteiger partial charge in [-0.05, 0) is 57.2 Å². The van der Waals surface area contributed by atoms with Crippen molar-refractivity contribution in [1.29, 1.82) is 0 Å². The van der Waals surface area contributed by atoms with Crippen LogP contribution in [0.25, 0.3) is 0 Å². The van der Waals surface area contributed by atoms with Gasteiger partial charge in [0.15, 0.2) is 0 Å². The third kappa shape index (κ3) is 5.39. The number of ether oxygens (including phenoxy) is 1. The molecule has 0 aromatic heterocycles. The Kier molecular flexibility index (Phi) is 6.18. The van der Waals surface area contributed by atoms with Crippen molar-refractivity contribution >= 4 is 22.4 Å². The lowest BCUT2D eigenvalue weighted by atomic mass is 10.1.